The molecule has 24 heavy (non-hydrogen) atoms. The topological polar surface area (TPSA) is 84.5 Å². The molecule has 2 aromatic rings. The minimum Gasteiger partial charge on any atom is -0.495 e. The minimum atomic E-state index is -3.90. The van der Waals surface area contributed by atoms with Crippen molar-refractivity contribution < 1.29 is 17.9 Å². The predicted octanol–water partition coefficient (Wildman–Crippen LogP) is 2.65. The molecule has 1 atom stereocenters. The van der Waals surface area contributed by atoms with E-state index >= 15 is 0 Å². The molecule has 0 fully saturated rings. The molecule has 128 valence electrons. The van der Waals surface area contributed by atoms with Crippen molar-refractivity contribution in [2.75, 3.05) is 12.4 Å². The summed E-state index contributed by atoms with van der Waals surface area (Å²) in [7, 11) is -2.46. The zero-order chi connectivity index (χ0) is 17.7. The van der Waals surface area contributed by atoms with Crippen molar-refractivity contribution in [3.8, 4) is 5.75 Å². The summed E-state index contributed by atoms with van der Waals surface area (Å²) >= 11 is 5.95. The molecule has 1 amide bonds. The van der Waals surface area contributed by atoms with E-state index in [0.717, 1.165) is 0 Å². The molecule has 0 saturated carbocycles. The summed E-state index contributed by atoms with van der Waals surface area (Å²) in [6, 6.07) is 11.9. The molecule has 0 heterocycles. The maximum atomic E-state index is 12.4. The smallest absolute Gasteiger partial charge is 0.242 e. The first-order valence-electron chi connectivity index (χ1n) is 7.05. The number of anilines is 1. The highest BCUT2D eigenvalue weighted by molar-refractivity contribution is 7.89. The van der Waals surface area contributed by atoms with Gasteiger partial charge in [-0.05, 0) is 37.3 Å². The average molecular weight is 369 g/mol. The lowest BCUT2D eigenvalue weighted by atomic mass is 10.3. The van der Waals surface area contributed by atoms with Crippen LogP contribution in [0.2, 0.25) is 5.02 Å². The van der Waals surface area contributed by atoms with Gasteiger partial charge in [0.2, 0.25) is 15.9 Å². The molecule has 0 unspecified atom stereocenters. The first-order valence-corrected chi connectivity index (χ1v) is 8.91. The molecular weight excluding hydrogens is 352 g/mol. The van der Waals surface area contributed by atoms with Crippen LogP contribution in [0.3, 0.4) is 0 Å². The van der Waals surface area contributed by atoms with E-state index in [1.165, 1.54) is 32.2 Å². The SMILES string of the molecule is COc1ccc(S(=O)(=O)N[C@H](C)C(=O)Nc2ccccc2)cc1Cl. The normalized spacial score (nSPS) is 12.5. The number of para-hydroxylation sites is 1. The van der Waals surface area contributed by atoms with Crippen molar-refractivity contribution >= 4 is 33.2 Å². The third-order valence-electron chi connectivity index (χ3n) is 3.20. The summed E-state index contributed by atoms with van der Waals surface area (Å²) in [6.45, 7) is 1.46. The zero-order valence-electron chi connectivity index (χ0n) is 13.1. The number of hydrogen-bond acceptors (Lipinski definition) is 4. The second-order valence-electron chi connectivity index (χ2n) is 4.99. The summed E-state index contributed by atoms with van der Waals surface area (Å²) in [6.07, 6.45) is 0. The molecule has 6 nitrogen and oxygen atoms in total. The molecular formula is C16H17ClN2O4S. The van der Waals surface area contributed by atoms with Crippen molar-refractivity contribution in [2.45, 2.75) is 17.9 Å². The van der Waals surface area contributed by atoms with Crippen LogP contribution in [0, 0.1) is 0 Å². The van der Waals surface area contributed by atoms with Gasteiger partial charge in [-0.3, -0.25) is 4.79 Å². The largest absolute Gasteiger partial charge is 0.495 e. The second kappa shape index (κ2) is 7.65. The van der Waals surface area contributed by atoms with Gasteiger partial charge in [0.25, 0.3) is 0 Å². The van der Waals surface area contributed by atoms with Crippen LogP contribution in [0.5, 0.6) is 5.75 Å². The summed E-state index contributed by atoms with van der Waals surface area (Å²) in [5.74, 6) is -0.102. The molecule has 2 rings (SSSR count). The number of amides is 1. The average Bonchev–Trinajstić information content (AvgIpc) is 2.55. The summed E-state index contributed by atoms with van der Waals surface area (Å²) in [5, 5.41) is 2.80. The van der Waals surface area contributed by atoms with E-state index in [-0.39, 0.29) is 9.92 Å². The van der Waals surface area contributed by atoms with Crippen molar-refractivity contribution in [3.63, 3.8) is 0 Å². The molecule has 0 spiro atoms. The molecule has 0 aliphatic rings. The number of halogens is 1. The van der Waals surface area contributed by atoms with Crippen LogP contribution in [0.1, 0.15) is 6.92 Å². The maximum Gasteiger partial charge on any atom is 0.242 e. The Balaban J connectivity index is 2.10. The summed E-state index contributed by atoms with van der Waals surface area (Å²) in [5.41, 5.74) is 0.584. The van der Waals surface area contributed by atoms with Crippen LogP contribution in [-0.4, -0.2) is 27.5 Å². The fourth-order valence-corrected chi connectivity index (χ4v) is 3.49. The predicted molar refractivity (Wildman–Crippen MR) is 92.9 cm³/mol. The van der Waals surface area contributed by atoms with Crippen molar-refractivity contribution in [1.29, 1.82) is 0 Å². The van der Waals surface area contributed by atoms with E-state index in [1.54, 1.807) is 24.3 Å². The standard InChI is InChI=1S/C16H17ClN2O4S/c1-11(16(20)18-12-6-4-3-5-7-12)19-24(21,22)13-8-9-15(23-2)14(17)10-13/h3-11,19H,1-2H3,(H,18,20)/t11-/m1/s1. The first kappa shape index (κ1) is 18.3. The van der Waals surface area contributed by atoms with E-state index < -0.39 is 22.0 Å². The number of sulfonamides is 1. The summed E-state index contributed by atoms with van der Waals surface area (Å²) in [4.78, 5) is 12.1. The number of benzene rings is 2. The Morgan fingerprint density at radius 2 is 1.83 bits per heavy atom. The van der Waals surface area contributed by atoms with Gasteiger partial charge >= 0.3 is 0 Å². The first-order chi connectivity index (χ1) is 11.3. The fourth-order valence-electron chi connectivity index (χ4n) is 1.94. The highest BCUT2D eigenvalue weighted by Crippen LogP contribution is 2.26. The Morgan fingerprint density at radius 3 is 2.42 bits per heavy atom. The monoisotopic (exact) mass is 368 g/mol. The summed E-state index contributed by atoms with van der Waals surface area (Å²) < 4.78 is 32.0. The highest BCUT2D eigenvalue weighted by atomic mass is 35.5. The molecule has 0 bridgehead atoms. The van der Waals surface area contributed by atoms with Gasteiger partial charge in [0.1, 0.15) is 5.75 Å². The molecule has 2 N–H and O–H groups in total. The van der Waals surface area contributed by atoms with Crippen molar-refractivity contribution in [2.24, 2.45) is 0 Å². The lowest BCUT2D eigenvalue weighted by Gasteiger charge is -2.15. The number of methoxy groups -OCH3 is 1. The van der Waals surface area contributed by atoms with Crippen molar-refractivity contribution in [3.05, 3.63) is 53.6 Å². The Kier molecular flexibility index (Phi) is 5.82. The van der Waals surface area contributed by atoms with Gasteiger partial charge in [-0.15, -0.1) is 0 Å². The highest BCUT2D eigenvalue weighted by Gasteiger charge is 2.23. The van der Waals surface area contributed by atoms with Crippen LogP contribution in [-0.2, 0) is 14.8 Å². The molecule has 2 aromatic carbocycles. The molecule has 0 aromatic heterocycles. The number of hydrogen-bond donors (Lipinski definition) is 2. The van der Waals surface area contributed by atoms with Gasteiger partial charge in [0, 0.05) is 5.69 Å². The Bertz CT molecular complexity index is 825. The fraction of sp³-hybridized carbons (Fsp3) is 0.188. The Morgan fingerprint density at radius 1 is 1.17 bits per heavy atom. The number of carbonyl (C=O) groups is 1. The van der Waals surface area contributed by atoms with Crippen LogP contribution < -0.4 is 14.8 Å². The van der Waals surface area contributed by atoms with Gasteiger partial charge in [-0.2, -0.15) is 4.72 Å². The lowest BCUT2D eigenvalue weighted by molar-refractivity contribution is -0.117. The van der Waals surface area contributed by atoms with Crippen LogP contribution in [0.15, 0.2) is 53.4 Å². The Hall–Kier alpha value is -2.09. The van der Waals surface area contributed by atoms with Crippen molar-refractivity contribution in [1.82, 2.24) is 4.72 Å². The molecule has 0 aliphatic heterocycles. The molecule has 0 radical (unpaired) electrons. The number of nitrogens with one attached hydrogen (secondary N) is 2. The van der Waals surface area contributed by atoms with Gasteiger partial charge in [-0.1, -0.05) is 29.8 Å². The van der Waals surface area contributed by atoms with Gasteiger partial charge < -0.3 is 10.1 Å². The number of ether oxygens (including phenoxy) is 1. The Labute approximate surface area is 145 Å². The third kappa shape index (κ3) is 4.47. The second-order valence-corrected chi connectivity index (χ2v) is 7.12. The maximum absolute atomic E-state index is 12.4. The van der Waals surface area contributed by atoms with E-state index in [2.05, 4.69) is 10.0 Å². The number of rotatable bonds is 6. The van der Waals surface area contributed by atoms with Gasteiger partial charge in [0.15, 0.2) is 0 Å². The molecule has 0 aliphatic carbocycles. The zero-order valence-corrected chi connectivity index (χ0v) is 14.7. The van der Waals surface area contributed by atoms with Crippen LogP contribution in [0.4, 0.5) is 5.69 Å². The van der Waals surface area contributed by atoms with E-state index in [0.29, 0.717) is 11.4 Å². The van der Waals surface area contributed by atoms with Gasteiger partial charge in [-0.25, -0.2) is 8.42 Å². The minimum absolute atomic E-state index is 0.0485. The quantitative estimate of drug-likeness (QED) is 0.820. The third-order valence-corrected chi connectivity index (χ3v) is 5.03. The molecule has 0 saturated heterocycles. The molecule has 8 heteroatoms. The van der Waals surface area contributed by atoms with E-state index in [4.69, 9.17) is 16.3 Å². The van der Waals surface area contributed by atoms with Gasteiger partial charge in [0.05, 0.1) is 23.1 Å². The number of carbonyl (C=O) groups excluding carboxylic acids is 1. The van der Waals surface area contributed by atoms with E-state index in [1.807, 2.05) is 6.07 Å². The van der Waals surface area contributed by atoms with E-state index in [9.17, 15) is 13.2 Å². The van der Waals surface area contributed by atoms with Crippen LogP contribution in [0.25, 0.3) is 0 Å². The lowest BCUT2D eigenvalue weighted by Crippen LogP contribution is -2.41. The van der Waals surface area contributed by atoms with Crippen LogP contribution >= 0.6 is 11.6 Å².